The van der Waals surface area contributed by atoms with Crippen LogP contribution in [-0.4, -0.2) is 33.6 Å². The highest BCUT2D eigenvalue weighted by Crippen LogP contribution is 2.42. The van der Waals surface area contributed by atoms with E-state index in [9.17, 15) is 23.1 Å². The molecule has 0 aliphatic rings. The van der Waals surface area contributed by atoms with E-state index in [2.05, 4.69) is 15.5 Å². The topological polar surface area (TPSA) is 91.2 Å². The van der Waals surface area contributed by atoms with E-state index in [1.807, 2.05) is 12.1 Å². The number of nitrogens with zero attached hydrogens (tertiary/aromatic N) is 1. The van der Waals surface area contributed by atoms with E-state index in [0.29, 0.717) is 33.6 Å². The molecule has 0 fully saturated rings. The van der Waals surface area contributed by atoms with Gasteiger partial charge in [0.05, 0.1) is 12.2 Å². The summed E-state index contributed by atoms with van der Waals surface area (Å²) in [6, 6.07) is 13.2. The lowest BCUT2D eigenvalue weighted by molar-refractivity contribution is -0.260. The van der Waals surface area contributed by atoms with Crippen molar-refractivity contribution < 1.29 is 22.8 Å². The zero-order valence-corrected chi connectivity index (χ0v) is 20.5. The Morgan fingerprint density at radius 1 is 1.08 bits per heavy atom. The van der Waals surface area contributed by atoms with E-state index >= 15 is 0 Å². The van der Waals surface area contributed by atoms with Gasteiger partial charge in [0, 0.05) is 34.4 Å². The predicted octanol–water partition coefficient (Wildman–Crippen LogP) is 5.87. The quantitative estimate of drug-likeness (QED) is 0.296. The van der Waals surface area contributed by atoms with Crippen LogP contribution >= 0.6 is 0 Å². The Labute approximate surface area is 206 Å². The maximum atomic E-state index is 14.2. The van der Waals surface area contributed by atoms with E-state index in [1.165, 1.54) is 18.3 Å². The molecule has 6 nitrogen and oxygen atoms in total. The minimum absolute atomic E-state index is 0.252. The van der Waals surface area contributed by atoms with E-state index in [1.54, 1.807) is 52.0 Å². The molecule has 0 spiro atoms. The molecule has 190 valence electrons. The van der Waals surface area contributed by atoms with Crippen molar-refractivity contribution in [2.24, 2.45) is 0 Å². The van der Waals surface area contributed by atoms with Gasteiger partial charge in [0.1, 0.15) is 5.76 Å². The summed E-state index contributed by atoms with van der Waals surface area (Å²) in [5, 5.41) is 17.9. The summed E-state index contributed by atoms with van der Waals surface area (Å²) in [7, 11) is 0. The van der Waals surface area contributed by atoms with Gasteiger partial charge in [-0.05, 0) is 55.0 Å². The molecule has 1 unspecified atom stereocenters. The molecule has 0 amide bonds. The number of aryl methyl sites for hydroxylation is 2. The monoisotopic (exact) mass is 499 g/mol. The summed E-state index contributed by atoms with van der Waals surface area (Å²) in [4.78, 5) is 15.0. The van der Waals surface area contributed by atoms with Gasteiger partial charge in [-0.25, -0.2) is 0 Å². The van der Waals surface area contributed by atoms with Crippen LogP contribution in [0.3, 0.4) is 0 Å². The molecule has 2 heterocycles. The number of nitrogens with one attached hydrogen (secondary N) is 2. The number of hydrogen-bond acceptors (Lipinski definition) is 5. The summed E-state index contributed by atoms with van der Waals surface area (Å²) < 4.78 is 47.9. The number of aliphatic hydroxyl groups is 1. The summed E-state index contributed by atoms with van der Waals surface area (Å²) in [6.07, 6.45) is -3.98. The lowest BCUT2D eigenvalue weighted by Gasteiger charge is -2.38. The van der Waals surface area contributed by atoms with Gasteiger partial charge >= 0.3 is 6.18 Å². The number of alkyl halides is 3. The molecule has 1 atom stereocenters. The van der Waals surface area contributed by atoms with Crippen molar-refractivity contribution in [3.63, 3.8) is 0 Å². The Kier molecular flexibility index (Phi) is 6.47. The number of pyridine rings is 1. The lowest BCUT2D eigenvalue weighted by atomic mass is 9.74. The second-order valence-electron chi connectivity index (χ2n) is 9.83. The second kappa shape index (κ2) is 9.13. The molecule has 0 saturated carbocycles. The fourth-order valence-electron chi connectivity index (χ4n) is 4.62. The van der Waals surface area contributed by atoms with E-state index in [0.717, 1.165) is 11.1 Å². The molecule has 2 aromatic heterocycles. The first-order chi connectivity index (χ1) is 16.8. The standard InChI is InChI=1S/C27H28F3N3O3/c1-16-24(17(2)36-33-16)18-6-5-7-19(12-18)25(3,4)14-26(35,27(28,29)30)15-32-20-8-9-22-21(13-20)23(34)10-11-31-22/h5-13,32,35H,14-15H2,1-4H3,(H,31,34). The van der Waals surface area contributed by atoms with E-state index < -0.39 is 30.2 Å². The van der Waals surface area contributed by atoms with Crippen molar-refractivity contribution in [3.05, 3.63) is 82.0 Å². The Morgan fingerprint density at radius 3 is 2.50 bits per heavy atom. The minimum atomic E-state index is -4.90. The van der Waals surface area contributed by atoms with Gasteiger partial charge in [-0.3, -0.25) is 4.79 Å². The molecule has 2 aromatic carbocycles. The van der Waals surface area contributed by atoms with Crippen LogP contribution in [0.2, 0.25) is 0 Å². The summed E-state index contributed by atoms with van der Waals surface area (Å²) in [5.74, 6) is 0.618. The van der Waals surface area contributed by atoms with Crippen molar-refractivity contribution in [3.8, 4) is 11.1 Å². The molecule has 4 aromatic rings. The number of halogens is 3. The number of aromatic amines is 1. The van der Waals surface area contributed by atoms with Crippen molar-refractivity contribution in [2.45, 2.75) is 51.3 Å². The van der Waals surface area contributed by atoms with Crippen LogP contribution in [-0.2, 0) is 5.41 Å². The zero-order valence-electron chi connectivity index (χ0n) is 20.5. The van der Waals surface area contributed by atoms with Crippen LogP contribution < -0.4 is 10.7 Å². The van der Waals surface area contributed by atoms with Gasteiger partial charge in [-0.1, -0.05) is 43.3 Å². The number of aromatic nitrogens is 2. The summed E-state index contributed by atoms with van der Waals surface area (Å²) >= 11 is 0. The third-order valence-electron chi connectivity index (χ3n) is 6.57. The van der Waals surface area contributed by atoms with Gasteiger partial charge in [0.15, 0.2) is 11.0 Å². The first-order valence-corrected chi connectivity index (χ1v) is 11.5. The number of benzene rings is 2. The normalized spacial score (nSPS) is 14.1. The molecule has 4 rings (SSSR count). The number of hydrogen-bond donors (Lipinski definition) is 3. The highest BCUT2D eigenvalue weighted by Gasteiger charge is 2.55. The SMILES string of the molecule is Cc1noc(C)c1-c1cccc(C(C)(C)CC(O)(CNc2ccc3[nH]ccc(=O)c3c2)C(F)(F)F)c1. The van der Waals surface area contributed by atoms with Crippen LogP contribution in [0, 0.1) is 13.8 Å². The number of anilines is 1. The largest absolute Gasteiger partial charge is 0.418 e. The van der Waals surface area contributed by atoms with Crippen LogP contribution in [0.25, 0.3) is 22.0 Å². The first-order valence-electron chi connectivity index (χ1n) is 11.5. The fourth-order valence-corrected chi connectivity index (χ4v) is 4.62. The highest BCUT2D eigenvalue weighted by atomic mass is 19.4. The molecular weight excluding hydrogens is 471 g/mol. The van der Waals surface area contributed by atoms with Crippen molar-refractivity contribution >= 4 is 16.6 Å². The number of rotatable bonds is 7. The lowest BCUT2D eigenvalue weighted by Crippen LogP contribution is -2.53. The first kappa shape index (κ1) is 25.5. The average molecular weight is 500 g/mol. The van der Waals surface area contributed by atoms with E-state index in [-0.39, 0.29) is 5.43 Å². The van der Waals surface area contributed by atoms with Crippen molar-refractivity contribution in [1.29, 1.82) is 0 Å². The predicted molar refractivity (Wildman–Crippen MR) is 133 cm³/mol. The van der Waals surface area contributed by atoms with Crippen LogP contribution in [0.1, 0.15) is 37.3 Å². The van der Waals surface area contributed by atoms with Crippen molar-refractivity contribution in [2.75, 3.05) is 11.9 Å². The highest BCUT2D eigenvalue weighted by molar-refractivity contribution is 5.82. The number of fused-ring (bicyclic) bond motifs is 1. The molecule has 3 N–H and O–H groups in total. The molecule has 36 heavy (non-hydrogen) atoms. The van der Waals surface area contributed by atoms with Crippen LogP contribution in [0.5, 0.6) is 0 Å². The van der Waals surface area contributed by atoms with Crippen LogP contribution in [0.4, 0.5) is 18.9 Å². The van der Waals surface area contributed by atoms with Gasteiger partial charge in [-0.15, -0.1) is 0 Å². The Hall–Kier alpha value is -3.59. The van der Waals surface area contributed by atoms with Crippen molar-refractivity contribution in [1.82, 2.24) is 10.1 Å². The van der Waals surface area contributed by atoms with E-state index in [4.69, 9.17) is 4.52 Å². The molecule has 0 radical (unpaired) electrons. The molecule has 9 heteroatoms. The smallest absolute Gasteiger partial charge is 0.382 e. The van der Waals surface area contributed by atoms with Gasteiger partial charge in [0.2, 0.25) is 0 Å². The third kappa shape index (κ3) is 4.88. The third-order valence-corrected chi connectivity index (χ3v) is 6.57. The average Bonchev–Trinajstić information content (AvgIpc) is 3.15. The summed E-state index contributed by atoms with van der Waals surface area (Å²) in [6.45, 7) is 6.15. The molecular formula is C27H28F3N3O3. The molecule has 0 aliphatic carbocycles. The van der Waals surface area contributed by atoms with Gasteiger partial charge < -0.3 is 19.9 Å². The maximum Gasteiger partial charge on any atom is 0.418 e. The number of H-pyrrole nitrogens is 1. The van der Waals surface area contributed by atoms with Crippen LogP contribution in [0.15, 0.2) is 64.0 Å². The Bertz CT molecular complexity index is 1440. The Balaban J connectivity index is 1.62. The van der Waals surface area contributed by atoms with Gasteiger partial charge in [0.25, 0.3) is 0 Å². The molecule has 0 bridgehead atoms. The minimum Gasteiger partial charge on any atom is -0.382 e. The molecule has 0 aliphatic heterocycles. The summed E-state index contributed by atoms with van der Waals surface area (Å²) in [5.41, 5.74) is -0.544. The fraction of sp³-hybridized carbons (Fsp3) is 0.333. The molecule has 0 saturated heterocycles. The maximum absolute atomic E-state index is 14.2. The second-order valence-corrected chi connectivity index (χ2v) is 9.83. The van der Waals surface area contributed by atoms with Gasteiger partial charge in [-0.2, -0.15) is 13.2 Å². The zero-order chi connectivity index (χ0) is 26.3. The Morgan fingerprint density at radius 2 is 1.83 bits per heavy atom.